The Morgan fingerprint density at radius 3 is 2.85 bits per heavy atom. The van der Waals surface area contributed by atoms with Gasteiger partial charge in [-0.25, -0.2) is 0 Å². The van der Waals surface area contributed by atoms with E-state index in [0.717, 1.165) is 22.7 Å². The van der Waals surface area contributed by atoms with Crippen LogP contribution in [0, 0.1) is 0 Å². The second kappa shape index (κ2) is 6.10. The van der Waals surface area contributed by atoms with Gasteiger partial charge < -0.3 is 16.4 Å². The van der Waals surface area contributed by atoms with Gasteiger partial charge in [0.1, 0.15) is 0 Å². The number of nitrogens with two attached hydrogens (primary N) is 1. The lowest BCUT2D eigenvalue weighted by Gasteiger charge is -2.12. The summed E-state index contributed by atoms with van der Waals surface area (Å²) >= 11 is 0. The third-order valence-electron chi connectivity index (χ3n) is 3.04. The van der Waals surface area contributed by atoms with Crippen molar-refractivity contribution in [3.63, 3.8) is 0 Å². The fourth-order valence-electron chi connectivity index (χ4n) is 2.01. The first-order valence-electron chi connectivity index (χ1n) is 6.60. The summed E-state index contributed by atoms with van der Waals surface area (Å²) in [5.74, 6) is -0.0762. The van der Waals surface area contributed by atoms with Gasteiger partial charge in [-0.1, -0.05) is 18.7 Å². The van der Waals surface area contributed by atoms with Gasteiger partial charge in [-0.3, -0.25) is 4.79 Å². The second-order valence-electron chi connectivity index (χ2n) is 4.65. The molecule has 1 amide bonds. The predicted molar refractivity (Wildman–Crippen MR) is 82.2 cm³/mol. The highest BCUT2D eigenvalue weighted by Gasteiger charge is 2.10. The van der Waals surface area contributed by atoms with Crippen molar-refractivity contribution in [1.82, 2.24) is 5.32 Å². The Morgan fingerprint density at radius 2 is 2.20 bits per heavy atom. The van der Waals surface area contributed by atoms with Crippen LogP contribution in [0.25, 0.3) is 0 Å². The van der Waals surface area contributed by atoms with Gasteiger partial charge >= 0.3 is 0 Å². The zero-order chi connectivity index (χ0) is 14.5. The number of rotatable bonds is 5. The van der Waals surface area contributed by atoms with Crippen molar-refractivity contribution in [3.8, 4) is 0 Å². The summed E-state index contributed by atoms with van der Waals surface area (Å²) in [4.78, 5) is 11.8. The molecule has 20 heavy (non-hydrogen) atoms. The first-order valence-corrected chi connectivity index (χ1v) is 6.60. The lowest BCUT2D eigenvalue weighted by Crippen LogP contribution is -2.22. The first-order chi connectivity index (χ1) is 9.60. The van der Waals surface area contributed by atoms with Crippen LogP contribution in [0.5, 0.6) is 0 Å². The quantitative estimate of drug-likeness (QED) is 0.769. The highest BCUT2D eigenvalue weighted by atomic mass is 16.1. The number of nitrogens with one attached hydrogen (secondary N) is 2. The van der Waals surface area contributed by atoms with Crippen LogP contribution in [-0.4, -0.2) is 12.5 Å². The fraction of sp³-hybridized carbons (Fsp3) is 0.188. The van der Waals surface area contributed by atoms with Crippen LogP contribution in [0.15, 0.2) is 60.0 Å². The summed E-state index contributed by atoms with van der Waals surface area (Å²) < 4.78 is 0. The Labute approximate surface area is 119 Å². The van der Waals surface area contributed by atoms with E-state index < -0.39 is 0 Å². The average molecular weight is 269 g/mol. The number of amides is 1. The fourth-order valence-corrected chi connectivity index (χ4v) is 2.01. The van der Waals surface area contributed by atoms with E-state index in [1.54, 1.807) is 6.07 Å². The van der Waals surface area contributed by atoms with E-state index in [9.17, 15) is 4.79 Å². The molecule has 1 aromatic carbocycles. The maximum Gasteiger partial charge on any atom is 0.251 e. The molecule has 0 atom stereocenters. The van der Waals surface area contributed by atoms with E-state index in [4.69, 9.17) is 5.73 Å². The minimum absolute atomic E-state index is 0.0762. The van der Waals surface area contributed by atoms with Crippen molar-refractivity contribution in [1.29, 1.82) is 0 Å². The Kier molecular flexibility index (Phi) is 4.25. The molecule has 4 heteroatoms. The maximum absolute atomic E-state index is 11.8. The van der Waals surface area contributed by atoms with E-state index in [2.05, 4.69) is 17.2 Å². The minimum Gasteiger partial charge on any atom is -0.402 e. The minimum atomic E-state index is -0.0762. The lowest BCUT2D eigenvalue weighted by atomic mass is 10.1. The first kappa shape index (κ1) is 13.9. The molecule has 1 aliphatic rings. The van der Waals surface area contributed by atoms with Gasteiger partial charge in [0, 0.05) is 35.6 Å². The molecule has 4 N–H and O–H groups in total. The average Bonchev–Trinajstić information content (AvgIpc) is 2.86. The van der Waals surface area contributed by atoms with Gasteiger partial charge in [0.2, 0.25) is 0 Å². The van der Waals surface area contributed by atoms with Gasteiger partial charge in [0.15, 0.2) is 0 Å². The Balaban J connectivity index is 2.05. The SMILES string of the molecule is C=C(Nc1cccc(C(=O)NCC)c1)C1=CC=C(N)C1. The van der Waals surface area contributed by atoms with E-state index >= 15 is 0 Å². The van der Waals surface area contributed by atoms with Crippen LogP contribution in [-0.2, 0) is 0 Å². The van der Waals surface area contributed by atoms with E-state index in [1.165, 1.54) is 0 Å². The molecule has 0 radical (unpaired) electrons. The molecular weight excluding hydrogens is 250 g/mol. The molecular formula is C16H19N3O. The predicted octanol–water partition coefficient (Wildman–Crippen LogP) is 2.53. The Hall–Kier alpha value is -2.49. The molecule has 1 aliphatic carbocycles. The molecule has 0 saturated carbocycles. The van der Waals surface area contributed by atoms with Gasteiger partial charge in [-0.2, -0.15) is 0 Å². The van der Waals surface area contributed by atoms with Crippen LogP contribution in [0.4, 0.5) is 5.69 Å². The molecule has 0 bridgehead atoms. The summed E-state index contributed by atoms with van der Waals surface area (Å²) in [5, 5.41) is 5.99. The van der Waals surface area contributed by atoms with E-state index in [-0.39, 0.29) is 5.91 Å². The molecule has 0 heterocycles. The third-order valence-corrected chi connectivity index (χ3v) is 3.04. The molecule has 104 valence electrons. The summed E-state index contributed by atoms with van der Waals surface area (Å²) in [5.41, 5.74) is 9.90. The van der Waals surface area contributed by atoms with Crippen LogP contribution < -0.4 is 16.4 Å². The van der Waals surface area contributed by atoms with E-state index in [1.807, 2.05) is 37.3 Å². The van der Waals surface area contributed by atoms with Crippen molar-refractivity contribution in [2.45, 2.75) is 13.3 Å². The zero-order valence-electron chi connectivity index (χ0n) is 11.6. The molecule has 0 fully saturated rings. The highest BCUT2D eigenvalue weighted by molar-refractivity contribution is 5.95. The summed E-state index contributed by atoms with van der Waals surface area (Å²) in [7, 11) is 0. The van der Waals surface area contributed by atoms with Crippen LogP contribution in [0.3, 0.4) is 0 Å². The van der Waals surface area contributed by atoms with Crippen molar-refractivity contribution < 1.29 is 4.79 Å². The van der Waals surface area contributed by atoms with Crippen LogP contribution in [0.1, 0.15) is 23.7 Å². The van der Waals surface area contributed by atoms with Crippen molar-refractivity contribution in [3.05, 3.63) is 65.5 Å². The zero-order valence-corrected chi connectivity index (χ0v) is 11.6. The van der Waals surface area contributed by atoms with E-state index in [0.29, 0.717) is 18.5 Å². The van der Waals surface area contributed by atoms with Gasteiger partial charge in [0.05, 0.1) is 0 Å². The van der Waals surface area contributed by atoms with Crippen molar-refractivity contribution in [2.24, 2.45) is 5.73 Å². The molecule has 0 aliphatic heterocycles. The number of carbonyl (C=O) groups excluding carboxylic acids is 1. The van der Waals surface area contributed by atoms with Gasteiger partial charge in [0.25, 0.3) is 5.91 Å². The van der Waals surface area contributed by atoms with Gasteiger partial charge in [-0.05, 0) is 36.8 Å². The largest absolute Gasteiger partial charge is 0.402 e. The van der Waals surface area contributed by atoms with Crippen molar-refractivity contribution in [2.75, 3.05) is 11.9 Å². The third kappa shape index (κ3) is 3.29. The van der Waals surface area contributed by atoms with Crippen LogP contribution in [0.2, 0.25) is 0 Å². The normalized spacial score (nSPS) is 13.4. The van der Waals surface area contributed by atoms with Crippen LogP contribution >= 0.6 is 0 Å². The molecule has 1 aromatic rings. The summed E-state index contributed by atoms with van der Waals surface area (Å²) in [6, 6.07) is 7.34. The van der Waals surface area contributed by atoms with Gasteiger partial charge in [-0.15, -0.1) is 0 Å². The lowest BCUT2D eigenvalue weighted by molar-refractivity contribution is 0.0956. The molecule has 0 spiro atoms. The molecule has 0 saturated heterocycles. The maximum atomic E-state index is 11.8. The molecule has 0 aromatic heterocycles. The van der Waals surface area contributed by atoms with Crippen molar-refractivity contribution >= 4 is 11.6 Å². The Bertz CT molecular complexity index is 599. The Morgan fingerprint density at radius 1 is 1.40 bits per heavy atom. The number of hydrogen-bond acceptors (Lipinski definition) is 3. The topological polar surface area (TPSA) is 67.2 Å². The number of allylic oxidation sites excluding steroid dienone is 4. The monoisotopic (exact) mass is 269 g/mol. The highest BCUT2D eigenvalue weighted by Crippen LogP contribution is 2.23. The smallest absolute Gasteiger partial charge is 0.251 e. The number of hydrogen-bond donors (Lipinski definition) is 3. The summed E-state index contributed by atoms with van der Waals surface area (Å²) in [6.07, 6.45) is 4.55. The summed E-state index contributed by atoms with van der Waals surface area (Å²) in [6.45, 7) is 6.52. The standard InChI is InChI=1S/C16H19N3O/c1-3-18-16(20)13-5-4-6-15(10-13)19-11(2)12-7-8-14(17)9-12/h4-8,10,19H,2-3,9,17H2,1H3,(H,18,20). The molecule has 4 nitrogen and oxygen atoms in total. The number of anilines is 1. The number of benzene rings is 1. The second-order valence-corrected chi connectivity index (χ2v) is 4.65. The molecule has 2 rings (SSSR count). The molecule has 0 unspecified atom stereocenters. The number of carbonyl (C=O) groups is 1.